The maximum atomic E-state index is 6.52. The summed E-state index contributed by atoms with van der Waals surface area (Å²) in [6, 6.07) is 29.3. The zero-order valence-corrected chi connectivity index (χ0v) is 21.5. The Morgan fingerprint density at radius 1 is 0.895 bits per heavy atom. The highest BCUT2D eigenvalue weighted by Gasteiger charge is 2.22. The number of benzene rings is 3. The molecule has 0 saturated carbocycles. The van der Waals surface area contributed by atoms with Crippen molar-refractivity contribution in [3.05, 3.63) is 113 Å². The normalized spacial score (nSPS) is 13.3. The number of hydrogen-bond acceptors (Lipinski definition) is 6. The van der Waals surface area contributed by atoms with E-state index in [-0.39, 0.29) is 0 Å². The Morgan fingerprint density at radius 2 is 1.71 bits per heavy atom. The van der Waals surface area contributed by atoms with Crippen molar-refractivity contribution in [3.8, 4) is 28.3 Å². The molecule has 3 heterocycles. The molecular weight excluding hydrogens is 472 g/mol. The van der Waals surface area contributed by atoms with Crippen molar-refractivity contribution in [2.24, 2.45) is 0 Å². The van der Waals surface area contributed by atoms with Gasteiger partial charge in [-0.05, 0) is 40.0 Å². The predicted octanol–water partition coefficient (Wildman–Crippen LogP) is 5.63. The number of ether oxygens (including phenoxy) is 1. The smallest absolute Gasteiger partial charge is 0.205 e. The second-order valence-electron chi connectivity index (χ2n) is 9.61. The number of tetrazole rings is 1. The molecular formula is C31H30N6O. The van der Waals surface area contributed by atoms with Gasteiger partial charge in [0.1, 0.15) is 12.4 Å². The maximum Gasteiger partial charge on any atom is 0.205 e. The SMILES string of the molecule is CCc1cc(OCc2ccc(-c3ccccc3)c(-c3nn[nH]n3)c2)c2c(n1)CCN(Cc1ccccc1)C2. The van der Waals surface area contributed by atoms with E-state index in [1.807, 2.05) is 18.2 Å². The minimum absolute atomic E-state index is 0.443. The zero-order valence-electron chi connectivity index (χ0n) is 21.5. The van der Waals surface area contributed by atoms with Crippen molar-refractivity contribution in [3.63, 3.8) is 0 Å². The first-order chi connectivity index (χ1) is 18.8. The third-order valence-corrected chi connectivity index (χ3v) is 7.03. The number of nitrogens with zero attached hydrogens (tertiary/aromatic N) is 5. The molecule has 38 heavy (non-hydrogen) atoms. The van der Waals surface area contributed by atoms with Gasteiger partial charge in [0.05, 0.1) is 5.69 Å². The summed E-state index contributed by atoms with van der Waals surface area (Å²) in [5.41, 5.74) is 8.89. The van der Waals surface area contributed by atoms with Crippen LogP contribution in [0.2, 0.25) is 0 Å². The van der Waals surface area contributed by atoms with Gasteiger partial charge in [-0.3, -0.25) is 9.88 Å². The molecule has 3 aromatic carbocycles. The molecule has 0 unspecified atom stereocenters. The van der Waals surface area contributed by atoms with Crippen molar-refractivity contribution in [1.29, 1.82) is 0 Å². The summed E-state index contributed by atoms with van der Waals surface area (Å²) in [5, 5.41) is 14.9. The molecule has 1 aliphatic heterocycles. The van der Waals surface area contributed by atoms with Gasteiger partial charge in [0.25, 0.3) is 0 Å². The van der Waals surface area contributed by atoms with Crippen molar-refractivity contribution in [1.82, 2.24) is 30.5 Å². The van der Waals surface area contributed by atoms with Crippen molar-refractivity contribution >= 4 is 0 Å². The first kappa shape index (κ1) is 24.0. The first-order valence-electron chi connectivity index (χ1n) is 13.1. The van der Waals surface area contributed by atoms with E-state index in [1.54, 1.807) is 0 Å². The summed E-state index contributed by atoms with van der Waals surface area (Å²) in [5.74, 6) is 1.50. The van der Waals surface area contributed by atoms with Gasteiger partial charge >= 0.3 is 0 Å². The van der Waals surface area contributed by atoms with Crippen LogP contribution in [0.1, 0.15) is 35.0 Å². The number of aromatic amines is 1. The standard InChI is InChI=1S/C31H30N6O/c1-2-25-18-30(28-20-37(16-15-29(28)32-25)19-22-9-5-3-6-10-22)38-21-23-13-14-26(24-11-7-4-8-12-24)27(17-23)31-33-35-36-34-31/h3-14,17-18H,2,15-16,19-21H2,1H3,(H,33,34,35,36). The van der Waals surface area contributed by atoms with E-state index in [0.717, 1.165) is 71.9 Å². The average Bonchev–Trinajstić information content (AvgIpc) is 3.52. The predicted molar refractivity (Wildman–Crippen MR) is 147 cm³/mol. The van der Waals surface area contributed by atoms with Gasteiger partial charge in [-0.25, -0.2) is 0 Å². The molecule has 0 aliphatic carbocycles. The van der Waals surface area contributed by atoms with E-state index in [0.29, 0.717) is 12.4 Å². The maximum absolute atomic E-state index is 6.52. The van der Waals surface area contributed by atoms with Gasteiger partial charge in [0.2, 0.25) is 5.82 Å². The lowest BCUT2D eigenvalue weighted by Gasteiger charge is -2.30. The van der Waals surface area contributed by atoms with Crippen molar-refractivity contribution in [2.45, 2.75) is 39.5 Å². The van der Waals surface area contributed by atoms with Gasteiger partial charge in [-0.1, -0.05) is 79.7 Å². The average molecular weight is 503 g/mol. The van der Waals surface area contributed by atoms with Crippen molar-refractivity contribution < 1.29 is 4.74 Å². The lowest BCUT2D eigenvalue weighted by Crippen LogP contribution is -2.31. The van der Waals surface area contributed by atoms with Gasteiger partial charge in [0.15, 0.2) is 0 Å². The molecule has 0 fully saturated rings. The summed E-state index contributed by atoms with van der Waals surface area (Å²) in [7, 11) is 0. The Morgan fingerprint density at radius 3 is 2.47 bits per heavy atom. The lowest BCUT2D eigenvalue weighted by atomic mass is 9.97. The van der Waals surface area contributed by atoms with Crippen LogP contribution in [-0.2, 0) is 32.5 Å². The van der Waals surface area contributed by atoms with E-state index in [2.05, 4.69) is 99.2 Å². The Labute approximate surface area is 222 Å². The molecule has 0 amide bonds. The molecule has 2 aromatic heterocycles. The topological polar surface area (TPSA) is 79.8 Å². The summed E-state index contributed by atoms with van der Waals surface area (Å²) < 4.78 is 6.52. The summed E-state index contributed by atoms with van der Waals surface area (Å²) in [4.78, 5) is 7.42. The van der Waals surface area contributed by atoms with Crippen LogP contribution in [0.3, 0.4) is 0 Å². The van der Waals surface area contributed by atoms with E-state index >= 15 is 0 Å². The molecule has 6 rings (SSSR count). The molecule has 7 nitrogen and oxygen atoms in total. The zero-order chi connectivity index (χ0) is 25.7. The van der Waals surface area contributed by atoms with Crippen LogP contribution in [0.5, 0.6) is 5.75 Å². The van der Waals surface area contributed by atoms with Gasteiger partial charge in [0, 0.05) is 48.9 Å². The Kier molecular flexibility index (Phi) is 6.91. The lowest BCUT2D eigenvalue weighted by molar-refractivity contribution is 0.230. The molecule has 5 aromatic rings. The van der Waals surface area contributed by atoms with Crippen LogP contribution in [0.4, 0.5) is 0 Å². The summed E-state index contributed by atoms with van der Waals surface area (Å²) >= 11 is 0. The van der Waals surface area contributed by atoms with Crippen molar-refractivity contribution in [2.75, 3.05) is 6.54 Å². The van der Waals surface area contributed by atoms with Crippen LogP contribution in [-0.4, -0.2) is 37.1 Å². The number of hydrogen-bond donors (Lipinski definition) is 1. The molecule has 7 heteroatoms. The minimum atomic E-state index is 0.443. The molecule has 1 N–H and O–H groups in total. The number of H-pyrrole nitrogens is 1. The number of aryl methyl sites for hydroxylation is 1. The number of pyridine rings is 1. The highest BCUT2D eigenvalue weighted by Crippen LogP contribution is 2.33. The van der Waals surface area contributed by atoms with E-state index in [1.165, 1.54) is 11.1 Å². The van der Waals surface area contributed by atoms with Gasteiger partial charge < -0.3 is 4.74 Å². The Bertz CT molecular complexity index is 1500. The Balaban J connectivity index is 1.27. The van der Waals surface area contributed by atoms with Crippen LogP contribution < -0.4 is 4.74 Å². The van der Waals surface area contributed by atoms with Gasteiger partial charge in [-0.2, -0.15) is 5.21 Å². The molecule has 0 spiro atoms. The van der Waals surface area contributed by atoms with E-state index < -0.39 is 0 Å². The highest BCUT2D eigenvalue weighted by molar-refractivity contribution is 5.80. The third kappa shape index (κ3) is 5.19. The van der Waals surface area contributed by atoms with Crippen LogP contribution in [0.25, 0.3) is 22.5 Å². The fourth-order valence-corrected chi connectivity index (χ4v) is 5.06. The first-order valence-corrected chi connectivity index (χ1v) is 13.1. The number of rotatable bonds is 8. The largest absolute Gasteiger partial charge is 0.488 e. The molecule has 0 radical (unpaired) electrons. The summed E-state index contributed by atoms with van der Waals surface area (Å²) in [6.07, 6.45) is 1.81. The highest BCUT2D eigenvalue weighted by atomic mass is 16.5. The van der Waals surface area contributed by atoms with Gasteiger partial charge in [-0.15, -0.1) is 10.2 Å². The minimum Gasteiger partial charge on any atom is -0.488 e. The van der Waals surface area contributed by atoms with E-state index in [4.69, 9.17) is 9.72 Å². The number of nitrogens with one attached hydrogen (secondary N) is 1. The third-order valence-electron chi connectivity index (χ3n) is 7.03. The van der Waals surface area contributed by atoms with Crippen LogP contribution in [0, 0.1) is 0 Å². The second-order valence-corrected chi connectivity index (χ2v) is 9.61. The number of aromatic nitrogens is 5. The summed E-state index contributed by atoms with van der Waals surface area (Å²) in [6.45, 7) is 5.33. The number of fused-ring (bicyclic) bond motifs is 1. The monoisotopic (exact) mass is 502 g/mol. The second kappa shape index (κ2) is 10.9. The Hall–Kier alpha value is -4.36. The fourth-order valence-electron chi connectivity index (χ4n) is 5.06. The molecule has 0 atom stereocenters. The van der Waals surface area contributed by atoms with E-state index in [9.17, 15) is 0 Å². The molecule has 0 saturated heterocycles. The quantitative estimate of drug-likeness (QED) is 0.296. The van der Waals surface area contributed by atoms with Crippen LogP contribution in [0.15, 0.2) is 84.9 Å². The molecule has 1 aliphatic rings. The fraction of sp³-hybridized carbons (Fsp3) is 0.226. The molecule has 190 valence electrons. The molecule has 0 bridgehead atoms. The van der Waals surface area contributed by atoms with Crippen LogP contribution >= 0.6 is 0 Å².